The molecule has 0 radical (unpaired) electrons. The number of methoxy groups -OCH3 is 2. The number of carbonyl (C=O) groups is 1. The summed E-state index contributed by atoms with van der Waals surface area (Å²) >= 11 is 0. The minimum atomic E-state index is -0.480. The predicted octanol–water partition coefficient (Wildman–Crippen LogP) is 2.27. The normalized spacial score (nSPS) is 23.4. The Bertz CT molecular complexity index is 575. The zero-order valence-electron chi connectivity index (χ0n) is 15.5. The van der Waals surface area contributed by atoms with Crippen molar-refractivity contribution >= 4 is 5.91 Å². The second kappa shape index (κ2) is 9.06. The summed E-state index contributed by atoms with van der Waals surface area (Å²) in [5, 5.41) is 12.8. The molecule has 0 bridgehead atoms. The monoisotopic (exact) mass is 351 g/mol. The van der Waals surface area contributed by atoms with Gasteiger partial charge in [-0.05, 0) is 50.8 Å². The van der Waals surface area contributed by atoms with Gasteiger partial charge in [0, 0.05) is 19.6 Å². The number of aliphatic hydroxyl groups excluding tert-OH is 1. The molecule has 1 aliphatic carbocycles. The number of aliphatic hydroxyl groups is 1. The second-order valence-corrected chi connectivity index (χ2v) is 6.72. The van der Waals surface area contributed by atoms with Crippen molar-refractivity contribution in [2.24, 2.45) is 5.92 Å². The van der Waals surface area contributed by atoms with Gasteiger partial charge in [0.1, 0.15) is 0 Å². The van der Waals surface area contributed by atoms with E-state index in [9.17, 15) is 9.90 Å². The number of hydrogen-bond acceptors (Lipinski definition) is 5. The van der Waals surface area contributed by atoms with Crippen molar-refractivity contribution in [3.63, 3.8) is 0 Å². The van der Waals surface area contributed by atoms with E-state index in [0.29, 0.717) is 37.3 Å². The highest BCUT2D eigenvalue weighted by molar-refractivity contribution is 5.78. The van der Waals surface area contributed by atoms with Gasteiger partial charge in [-0.25, -0.2) is 0 Å². The number of amides is 1. The van der Waals surface area contributed by atoms with Crippen LogP contribution in [0.2, 0.25) is 0 Å². The Morgan fingerprint density at radius 3 is 2.68 bits per heavy atom. The SMILES string of the molecule is COc1cc(CNC(=O)[C@@H]2CC[C@H](O)[C@H](OC)C2)ccc1OC(C)C. The van der Waals surface area contributed by atoms with E-state index < -0.39 is 6.10 Å². The fraction of sp³-hybridized carbons (Fsp3) is 0.632. The fourth-order valence-corrected chi connectivity index (χ4v) is 3.11. The topological polar surface area (TPSA) is 77.0 Å². The average molecular weight is 351 g/mol. The van der Waals surface area contributed by atoms with E-state index in [1.807, 2.05) is 32.0 Å². The summed E-state index contributed by atoms with van der Waals surface area (Å²) < 4.78 is 16.3. The van der Waals surface area contributed by atoms with Crippen molar-refractivity contribution in [3.05, 3.63) is 23.8 Å². The van der Waals surface area contributed by atoms with Gasteiger partial charge in [0.15, 0.2) is 11.5 Å². The Kier molecular flexibility index (Phi) is 7.08. The summed E-state index contributed by atoms with van der Waals surface area (Å²) in [6.45, 7) is 4.35. The molecule has 0 aromatic heterocycles. The van der Waals surface area contributed by atoms with E-state index in [1.165, 1.54) is 0 Å². The highest BCUT2D eigenvalue weighted by Crippen LogP contribution is 2.29. The second-order valence-electron chi connectivity index (χ2n) is 6.72. The molecular formula is C19H29NO5. The minimum absolute atomic E-state index is 0.00424. The van der Waals surface area contributed by atoms with E-state index in [4.69, 9.17) is 14.2 Å². The Labute approximate surface area is 149 Å². The van der Waals surface area contributed by atoms with Crippen molar-refractivity contribution in [1.82, 2.24) is 5.32 Å². The highest BCUT2D eigenvalue weighted by atomic mass is 16.5. The van der Waals surface area contributed by atoms with Gasteiger partial charge in [0.05, 0.1) is 25.4 Å². The number of ether oxygens (including phenoxy) is 3. The number of hydrogen-bond donors (Lipinski definition) is 2. The van der Waals surface area contributed by atoms with E-state index in [0.717, 1.165) is 5.56 Å². The lowest BCUT2D eigenvalue weighted by atomic mass is 9.84. The van der Waals surface area contributed by atoms with Crippen LogP contribution in [-0.4, -0.2) is 43.5 Å². The molecule has 1 aromatic rings. The first kappa shape index (κ1) is 19.5. The van der Waals surface area contributed by atoms with Gasteiger partial charge < -0.3 is 24.6 Å². The molecule has 6 nitrogen and oxygen atoms in total. The largest absolute Gasteiger partial charge is 0.493 e. The van der Waals surface area contributed by atoms with Crippen LogP contribution in [-0.2, 0) is 16.1 Å². The third kappa shape index (κ3) is 5.34. The number of benzene rings is 1. The molecule has 0 unspecified atom stereocenters. The molecule has 2 N–H and O–H groups in total. The molecule has 0 aliphatic heterocycles. The number of carbonyl (C=O) groups excluding carboxylic acids is 1. The summed E-state index contributed by atoms with van der Waals surface area (Å²) in [6, 6.07) is 5.65. The van der Waals surface area contributed by atoms with Crippen molar-refractivity contribution in [1.29, 1.82) is 0 Å². The smallest absolute Gasteiger partial charge is 0.223 e. The van der Waals surface area contributed by atoms with Crippen molar-refractivity contribution in [2.45, 2.75) is 58.0 Å². The molecule has 0 saturated heterocycles. The zero-order valence-corrected chi connectivity index (χ0v) is 15.5. The van der Waals surface area contributed by atoms with E-state index in [2.05, 4.69) is 5.32 Å². The summed E-state index contributed by atoms with van der Waals surface area (Å²) in [7, 11) is 3.17. The van der Waals surface area contributed by atoms with E-state index in [1.54, 1.807) is 14.2 Å². The quantitative estimate of drug-likeness (QED) is 0.788. The van der Waals surface area contributed by atoms with Crippen LogP contribution >= 0.6 is 0 Å². The van der Waals surface area contributed by atoms with Gasteiger partial charge in [-0.3, -0.25) is 4.79 Å². The van der Waals surface area contributed by atoms with Crippen molar-refractivity contribution in [2.75, 3.05) is 14.2 Å². The number of nitrogens with one attached hydrogen (secondary N) is 1. The molecule has 25 heavy (non-hydrogen) atoms. The molecular weight excluding hydrogens is 322 g/mol. The van der Waals surface area contributed by atoms with Crippen LogP contribution in [0.5, 0.6) is 11.5 Å². The molecule has 1 aromatic carbocycles. The number of rotatable bonds is 7. The first-order valence-corrected chi connectivity index (χ1v) is 8.76. The summed E-state index contributed by atoms with van der Waals surface area (Å²) in [4.78, 5) is 12.4. The predicted molar refractivity (Wildman–Crippen MR) is 94.7 cm³/mol. The summed E-state index contributed by atoms with van der Waals surface area (Å²) in [5.41, 5.74) is 0.945. The molecule has 3 atom stereocenters. The lowest BCUT2D eigenvalue weighted by molar-refractivity contribution is -0.130. The van der Waals surface area contributed by atoms with Gasteiger partial charge in [-0.15, -0.1) is 0 Å². The molecule has 1 aliphatic rings. The van der Waals surface area contributed by atoms with Crippen LogP contribution in [0.15, 0.2) is 18.2 Å². The molecule has 1 amide bonds. The van der Waals surface area contributed by atoms with Gasteiger partial charge in [-0.1, -0.05) is 6.07 Å². The van der Waals surface area contributed by atoms with Crippen molar-refractivity contribution < 1.29 is 24.1 Å². The van der Waals surface area contributed by atoms with Crippen LogP contribution in [0.3, 0.4) is 0 Å². The summed E-state index contributed by atoms with van der Waals surface area (Å²) in [5.74, 6) is 1.21. The minimum Gasteiger partial charge on any atom is -0.493 e. The van der Waals surface area contributed by atoms with Gasteiger partial charge in [-0.2, -0.15) is 0 Å². The van der Waals surface area contributed by atoms with Crippen LogP contribution < -0.4 is 14.8 Å². The van der Waals surface area contributed by atoms with Gasteiger partial charge in [0.2, 0.25) is 5.91 Å². The first-order valence-electron chi connectivity index (χ1n) is 8.76. The Balaban J connectivity index is 1.93. The molecule has 2 rings (SSSR count). The Hall–Kier alpha value is -1.79. The lowest BCUT2D eigenvalue weighted by Crippen LogP contribution is -2.41. The Morgan fingerprint density at radius 1 is 1.28 bits per heavy atom. The van der Waals surface area contributed by atoms with Gasteiger partial charge in [0.25, 0.3) is 0 Å². The molecule has 1 fully saturated rings. The molecule has 0 heterocycles. The van der Waals surface area contributed by atoms with Gasteiger partial charge >= 0.3 is 0 Å². The lowest BCUT2D eigenvalue weighted by Gasteiger charge is -2.31. The molecule has 1 saturated carbocycles. The highest BCUT2D eigenvalue weighted by Gasteiger charge is 2.32. The molecule has 6 heteroatoms. The summed E-state index contributed by atoms with van der Waals surface area (Å²) in [6.07, 6.45) is 1.13. The maximum absolute atomic E-state index is 12.4. The first-order chi connectivity index (χ1) is 11.9. The maximum atomic E-state index is 12.4. The van der Waals surface area contributed by atoms with Crippen LogP contribution in [0.1, 0.15) is 38.7 Å². The van der Waals surface area contributed by atoms with Crippen LogP contribution in [0.4, 0.5) is 0 Å². The Morgan fingerprint density at radius 2 is 2.04 bits per heavy atom. The third-order valence-corrected chi connectivity index (χ3v) is 4.49. The fourth-order valence-electron chi connectivity index (χ4n) is 3.11. The van der Waals surface area contributed by atoms with E-state index in [-0.39, 0.29) is 24.0 Å². The third-order valence-electron chi connectivity index (χ3n) is 4.49. The molecule has 0 spiro atoms. The molecule has 140 valence electrons. The van der Waals surface area contributed by atoms with Crippen molar-refractivity contribution in [3.8, 4) is 11.5 Å². The standard InChI is InChI=1S/C19H29NO5/c1-12(2)25-16-8-5-13(9-18(16)24-4)11-20-19(22)14-6-7-15(21)17(10-14)23-3/h5,8-9,12,14-15,17,21H,6-7,10-11H2,1-4H3,(H,20,22)/t14-,15+,17-/m1/s1. The van der Waals surface area contributed by atoms with Crippen LogP contribution in [0.25, 0.3) is 0 Å². The van der Waals surface area contributed by atoms with Crippen LogP contribution in [0, 0.1) is 5.92 Å². The zero-order chi connectivity index (χ0) is 18.4. The van der Waals surface area contributed by atoms with E-state index >= 15 is 0 Å². The average Bonchev–Trinajstić information content (AvgIpc) is 2.60. The maximum Gasteiger partial charge on any atom is 0.223 e.